The van der Waals surface area contributed by atoms with Crippen LogP contribution >= 0.6 is 35.0 Å². The van der Waals surface area contributed by atoms with Crippen molar-refractivity contribution in [2.75, 3.05) is 37.7 Å². The molecular formula is C12H15Cl2N3OS. The molecule has 1 N–H and O–H groups in total. The molecule has 19 heavy (non-hydrogen) atoms. The van der Waals surface area contributed by atoms with Crippen LogP contribution in [0.15, 0.2) is 12.1 Å². The van der Waals surface area contributed by atoms with Gasteiger partial charge in [-0.05, 0) is 12.1 Å². The van der Waals surface area contributed by atoms with Gasteiger partial charge in [0.1, 0.15) is 10.8 Å². The normalized spacial score (nSPS) is 16.3. The predicted octanol–water partition coefficient (Wildman–Crippen LogP) is 2.17. The summed E-state index contributed by atoms with van der Waals surface area (Å²) in [5.41, 5.74) is 0.184. The van der Waals surface area contributed by atoms with Crippen LogP contribution in [0.5, 0.6) is 0 Å². The highest BCUT2D eigenvalue weighted by Gasteiger charge is 2.14. The average molecular weight is 320 g/mol. The minimum Gasteiger partial charge on any atom is -0.349 e. The molecule has 4 nitrogen and oxygen atoms in total. The predicted molar refractivity (Wildman–Crippen MR) is 80.4 cm³/mol. The van der Waals surface area contributed by atoms with Gasteiger partial charge in [0.05, 0.1) is 5.02 Å². The maximum atomic E-state index is 11.9. The van der Waals surface area contributed by atoms with Gasteiger partial charge in [-0.15, -0.1) is 0 Å². The molecule has 0 bridgehead atoms. The molecule has 7 heteroatoms. The Balaban J connectivity index is 1.82. The van der Waals surface area contributed by atoms with E-state index in [2.05, 4.69) is 15.2 Å². The van der Waals surface area contributed by atoms with Gasteiger partial charge in [-0.2, -0.15) is 11.8 Å². The van der Waals surface area contributed by atoms with E-state index in [1.165, 1.54) is 0 Å². The van der Waals surface area contributed by atoms with Crippen molar-refractivity contribution < 1.29 is 4.79 Å². The molecule has 0 unspecified atom stereocenters. The smallest absolute Gasteiger partial charge is 0.271 e. The molecule has 1 fully saturated rings. The Morgan fingerprint density at radius 2 is 2.11 bits per heavy atom. The molecule has 1 saturated heterocycles. The molecule has 104 valence electrons. The largest absolute Gasteiger partial charge is 0.349 e. The van der Waals surface area contributed by atoms with Gasteiger partial charge in [0.25, 0.3) is 5.91 Å². The van der Waals surface area contributed by atoms with E-state index in [0.29, 0.717) is 11.6 Å². The third-order valence-electron chi connectivity index (χ3n) is 2.84. The summed E-state index contributed by atoms with van der Waals surface area (Å²) in [5, 5.41) is 3.40. The molecule has 1 aliphatic heterocycles. The third kappa shape index (κ3) is 4.53. The Morgan fingerprint density at radius 1 is 1.37 bits per heavy atom. The van der Waals surface area contributed by atoms with Crippen LogP contribution in [-0.4, -0.2) is 53.5 Å². The maximum Gasteiger partial charge on any atom is 0.271 e. The summed E-state index contributed by atoms with van der Waals surface area (Å²) in [5.74, 6) is 2.05. The zero-order valence-corrected chi connectivity index (χ0v) is 12.7. The molecule has 1 aromatic rings. The first-order valence-corrected chi connectivity index (χ1v) is 7.98. The highest BCUT2D eigenvalue weighted by Crippen LogP contribution is 2.16. The average Bonchev–Trinajstić information content (AvgIpc) is 2.42. The van der Waals surface area contributed by atoms with Crippen LogP contribution in [-0.2, 0) is 0 Å². The van der Waals surface area contributed by atoms with Crippen molar-refractivity contribution in [1.82, 2.24) is 15.2 Å². The van der Waals surface area contributed by atoms with Gasteiger partial charge in [-0.25, -0.2) is 4.98 Å². The fraction of sp³-hybridized carbons (Fsp3) is 0.500. The van der Waals surface area contributed by atoms with Gasteiger partial charge in [0.15, 0.2) is 0 Å². The van der Waals surface area contributed by atoms with Crippen molar-refractivity contribution in [3.63, 3.8) is 0 Å². The first-order chi connectivity index (χ1) is 9.16. The number of nitrogens with one attached hydrogen (secondary N) is 1. The highest BCUT2D eigenvalue weighted by atomic mass is 35.5. The molecule has 0 aromatic carbocycles. The van der Waals surface area contributed by atoms with Gasteiger partial charge >= 0.3 is 0 Å². The summed E-state index contributed by atoms with van der Waals surface area (Å²) in [6, 6.07) is 3.14. The summed E-state index contributed by atoms with van der Waals surface area (Å²) < 4.78 is 0. The minimum atomic E-state index is -0.279. The molecule has 0 atom stereocenters. The number of carbonyl (C=O) groups excluding carboxylic acids is 1. The van der Waals surface area contributed by atoms with Crippen LogP contribution in [0.4, 0.5) is 0 Å². The lowest BCUT2D eigenvalue weighted by Crippen LogP contribution is -2.39. The second-order valence-corrected chi connectivity index (χ2v) is 6.19. The standard InChI is InChI=1S/C12H15Cl2N3OS/c13-9-1-2-10(14)16-11(9)12(18)15-3-4-17-5-7-19-8-6-17/h1-2H,3-8H2,(H,15,18). The summed E-state index contributed by atoms with van der Waals surface area (Å²) >= 11 is 13.6. The number of aromatic nitrogens is 1. The van der Waals surface area contributed by atoms with E-state index in [9.17, 15) is 4.79 Å². The molecule has 0 spiro atoms. The van der Waals surface area contributed by atoms with E-state index in [1.807, 2.05) is 11.8 Å². The first kappa shape index (κ1) is 14.9. The second-order valence-electron chi connectivity index (χ2n) is 4.17. The highest BCUT2D eigenvalue weighted by molar-refractivity contribution is 7.99. The SMILES string of the molecule is O=C(NCCN1CCSCC1)c1nc(Cl)ccc1Cl. The van der Waals surface area contributed by atoms with Crippen LogP contribution in [0.1, 0.15) is 10.5 Å². The Bertz CT molecular complexity index is 453. The maximum absolute atomic E-state index is 11.9. The van der Waals surface area contributed by atoms with Gasteiger partial charge in [-0.1, -0.05) is 23.2 Å². The zero-order chi connectivity index (χ0) is 13.7. The second kappa shape index (κ2) is 7.33. The molecule has 0 radical (unpaired) electrons. The van der Waals surface area contributed by atoms with Crippen LogP contribution < -0.4 is 5.32 Å². The van der Waals surface area contributed by atoms with Crippen molar-refractivity contribution in [3.05, 3.63) is 28.0 Å². The van der Waals surface area contributed by atoms with Gasteiger partial charge < -0.3 is 5.32 Å². The Labute approximate surface area is 126 Å². The molecule has 2 heterocycles. The van der Waals surface area contributed by atoms with E-state index in [4.69, 9.17) is 23.2 Å². The molecule has 0 saturated carbocycles. The fourth-order valence-corrected chi connectivity index (χ4v) is 3.13. The first-order valence-electron chi connectivity index (χ1n) is 6.07. The monoisotopic (exact) mass is 319 g/mol. The number of carbonyl (C=O) groups is 1. The van der Waals surface area contributed by atoms with Crippen molar-refractivity contribution in [1.29, 1.82) is 0 Å². The van der Waals surface area contributed by atoms with E-state index in [0.717, 1.165) is 31.1 Å². The van der Waals surface area contributed by atoms with Gasteiger partial charge in [0.2, 0.25) is 0 Å². The lowest BCUT2D eigenvalue weighted by molar-refractivity contribution is 0.0944. The molecule has 1 aliphatic rings. The Hall–Kier alpha value is -0.490. The Morgan fingerprint density at radius 3 is 2.84 bits per heavy atom. The number of hydrogen-bond donors (Lipinski definition) is 1. The van der Waals surface area contributed by atoms with E-state index in [1.54, 1.807) is 12.1 Å². The number of thioether (sulfide) groups is 1. The molecule has 1 aromatic heterocycles. The quantitative estimate of drug-likeness (QED) is 0.864. The van der Waals surface area contributed by atoms with Crippen LogP contribution in [0, 0.1) is 0 Å². The van der Waals surface area contributed by atoms with Crippen LogP contribution in [0.2, 0.25) is 10.2 Å². The van der Waals surface area contributed by atoms with Crippen LogP contribution in [0.3, 0.4) is 0 Å². The van der Waals surface area contributed by atoms with Gasteiger partial charge in [-0.3, -0.25) is 9.69 Å². The lowest BCUT2D eigenvalue weighted by Gasteiger charge is -2.25. The van der Waals surface area contributed by atoms with Crippen molar-refractivity contribution in [2.24, 2.45) is 0 Å². The number of amides is 1. The number of rotatable bonds is 4. The fourth-order valence-electron chi connectivity index (χ4n) is 1.81. The third-order valence-corrected chi connectivity index (χ3v) is 4.30. The van der Waals surface area contributed by atoms with E-state index >= 15 is 0 Å². The zero-order valence-electron chi connectivity index (χ0n) is 10.4. The van der Waals surface area contributed by atoms with Crippen molar-refractivity contribution in [3.8, 4) is 0 Å². The van der Waals surface area contributed by atoms with Gasteiger partial charge in [0, 0.05) is 37.7 Å². The van der Waals surface area contributed by atoms with E-state index < -0.39 is 0 Å². The molecular weight excluding hydrogens is 305 g/mol. The van der Waals surface area contributed by atoms with Crippen molar-refractivity contribution >= 4 is 40.9 Å². The molecule has 1 amide bonds. The number of pyridine rings is 1. The number of halogens is 2. The molecule has 2 rings (SSSR count). The number of nitrogens with zero attached hydrogens (tertiary/aromatic N) is 2. The summed E-state index contributed by atoms with van der Waals surface area (Å²) in [6.07, 6.45) is 0. The topological polar surface area (TPSA) is 45.2 Å². The van der Waals surface area contributed by atoms with Crippen LogP contribution in [0.25, 0.3) is 0 Å². The summed E-state index contributed by atoms with van der Waals surface area (Å²) in [6.45, 7) is 3.60. The summed E-state index contributed by atoms with van der Waals surface area (Å²) in [7, 11) is 0. The molecule has 0 aliphatic carbocycles. The van der Waals surface area contributed by atoms with E-state index in [-0.39, 0.29) is 16.8 Å². The lowest BCUT2D eigenvalue weighted by atomic mass is 10.3. The van der Waals surface area contributed by atoms with Crippen molar-refractivity contribution in [2.45, 2.75) is 0 Å². The minimum absolute atomic E-state index is 0.184. The number of hydrogen-bond acceptors (Lipinski definition) is 4. The summed E-state index contributed by atoms with van der Waals surface area (Å²) in [4.78, 5) is 18.2. The Kier molecular flexibility index (Phi) is 5.76.